The molecule has 2 aromatic heterocycles. The minimum absolute atomic E-state index is 0.0477. The van der Waals surface area contributed by atoms with Crippen molar-refractivity contribution in [3.63, 3.8) is 0 Å². The number of nitrogens with one attached hydrogen (secondary N) is 3. The molecule has 2 saturated heterocycles. The maximum atomic E-state index is 13.5. The predicted octanol–water partition coefficient (Wildman–Crippen LogP) is 6.16. The monoisotopic (exact) mass is 732 g/mol. The topological polar surface area (TPSA) is 140 Å². The summed E-state index contributed by atoms with van der Waals surface area (Å²) in [5, 5.41) is 2.69. The van der Waals surface area contributed by atoms with Crippen molar-refractivity contribution in [1.82, 2.24) is 40.0 Å². The van der Waals surface area contributed by atoms with Gasteiger partial charge in [0, 0.05) is 24.2 Å². The Hall–Kier alpha value is -5.41. The summed E-state index contributed by atoms with van der Waals surface area (Å²) in [6.07, 6.45) is 6.54. The summed E-state index contributed by atoms with van der Waals surface area (Å²) in [4.78, 5) is 61.0. The van der Waals surface area contributed by atoms with Crippen molar-refractivity contribution in [1.29, 1.82) is 0 Å². The Kier molecular flexibility index (Phi) is 11.9. The van der Waals surface area contributed by atoms with Gasteiger partial charge in [0.05, 0.1) is 49.0 Å². The summed E-state index contributed by atoms with van der Waals surface area (Å²) >= 11 is 0. The number of methoxy groups -OCH3 is 1. The molecule has 12 heteroatoms. The predicted molar refractivity (Wildman–Crippen MR) is 208 cm³/mol. The lowest BCUT2D eigenvalue weighted by Crippen LogP contribution is -2.51. The van der Waals surface area contributed by atoms with Crippen LogP contribution in [0.1, 0.15) is 88.2 Å². The third-order valence-corrected chi connectivity index (χ3v) is 10.5. The molecule has 0 unspecified atom stereocenters. The number of aromatic amines is 2. The second-order valence-corrected chi connectivity index (χ2v) is 15.2. The van der Waals surface area contributed by atoms with E-state index in [1.54, 1.807) is 6.20 Å². The van der Waals surface area contributed by atoms with Crippen LogP contribution in [0.3, 0.4) is 0 Å². The van der Waals surface area contributed by atoms with Gasteiger partial charge in [0.1, 0.15) is 17.7 Å². The molecule has 284 valence electrons. The van der Waals surface area contributed by atoms with Gasteiger partial charge in [0.2, 0.25) is 11.8 Å². The van der Waals surface area contributed by atoms with Crippen molar-refractivity contribution in [2.75, 3.05) is 34.3 Å². The highest BCUT2D eigenvalue weighted by Crippen LogP contribution is 2.34. The fourth-order valence-corrected chi connectivity index (χ4v) is 7.70. The fraction of sp³-hybridized carbons (Fsp3) is 0.452. The molecule has 2 aliphatic heterocycles. The van der Waals surface area contributed by atoms with E-state index in [1.807, 2.05) is 97.4 Å². The standard InChI is InChI=1S/C42H52N8O4/c1-26(2)36(47-42(53)54-7)40(51)49-22-8-10-34(49)38-43-24-32(45-38)30-18-14-28(15-19-30)12-13-29-16-20-31(21-17-29)33-25-44-39(46-33)35-11-9-23-50(35)41(52)37(27(3)4)48(5)6/h14-21,24-27,34-37H,8-11,22-23H2,1-7H3,(H,43,45)(H,44,46)(H,47,53)/t34-,35-,36-,37-/m0/s1. The number of imidazole rings is 2. The molecular formula is C42H52N8O4. The summed E-state index contributed by atoms with van der Waals surface area (Å²) in [6, 6.07) is 15.0. The molecule has 12 nitrogen and oxygen atoms in total. The molecule has 0 bridgehead atoms. The number of carbonyl (C=O) groups is 3. The zero-order chi connectivity index (χ0) is 38.5. The third-order valence-electron chi connectivity index (χ3n) is 10.5. The highest BCUT2D eigenvalue weighted by Gasteiger charge is 2.39. The van der Waals surface area contributed by atoms with Crippen molar-refractivity contribution in [2.24, 2.45) is 11.8 Å². The summed E-state index contributed by atoms with van der Waals surface area (Å²) < 4.78 is 4.75. The number of benzene rings is 2. The lowest BCUT2D eigenvalue weighted by molar-refractivity contribution is -0.138. The summed E-state index contributed by atoms with van der Waals surface area (Å²) in [5.74, 6) is 8.24. The Labute approximate surface area is 318 Å². The van der Waals surface area contributed by atoms with E-state index in [-0.39, 0.29) is 41.8 Å². The van der Waals surface area contributed by atoms with Crippen LogP contribution < -0.4 is 5.32 Å². The van der Waals surface area contributed by atoms with Gasteiger partial charge in [-0.25, -0.2) is 14.8 Å². The van der Waals surface area contributed by atoms with Gasteiger partial charge in [0.25, 0.3) is 0 Å². The zero-order valence-corrected chi connectivity index (χ0v) is 32.3. The molecule has 6 rings (SSSR count). The number of amides is 3. The highest BCUT2D eigenvalue weighted by atomic mass is 16.5. The van der Waals surface area contributed by atoms with E-state index in [2.05, 4.69) is 46.0 Å². The Morgan fingerprint density at radius 2 is 1.22 bits per heavy atom. The molecule has 54 heavy (non-hydrogen) atoms. The molecule has 2 aliphatic rings. The van der Waals surface area contributed by atoms with E-state index in [0.29, 0.717) is 6.54 Å². The number of likely N-dealkylation sites (tertiary alicyclic amines) is 2. The van der Waals surface area contributed by atoms with E-state index in [9.17, 15) is 14.4 Å². The first-order valence-corrected chi connectivity index (χ1v) is 18.9. The van der Waals surface area contributed by atoms with Gasteiger partial charge in [0.15, 0.2) is 0 Å². The van der Waals surface area contributed by atoms with Crippen LogP contribution >= 0.6 is 0 Å². The Bertz CT molecular complexity index is 1980. The molecule has 3 N–H and O–H groups in total. The van der Waals surface area contributed by atoms with Crippen LogP contribution in [-0.4, -0.2) is 98.9 Å². The number of carbonyl (C=O) groups excluding carboxylic acids is 3. The number of nitrogens with zero attached hydrogens (tertiary/aromatic N) is 5. The van der Waals surface area contributed by atoms with E-state index in [0.717, 1.165) is 77.5 Å². The van der Waals surface area contributed by atoms with Gasteiger partial charge in [-0.05, 0) is 87.0 Å². The second kappa shape index (κ2) is 16.7. The molecule has 3 amide bonds. The number of rotatable bonds is 10. The van der Waals surface area contributed by atoms with E-state index in [4.69, 9.17) is 9.72 Å². The minimum Gasteiger partial charge on any atom is -0.453 e. The van der Waals surface area contributed by atoms with Gasteiger partial charge in [-0.2, -0.15) is 0 Å². The van der Waals surface area contributed by atoms with E-state index >= 15 is 0 Å². The molecule has 0 spiro atoms. The summed E-state index contributed by atoms with van der Waals surface area (Å²) in [7, 11) is 5.23. The first-order chi connectivity index (χ1) is 25.9. The zero-order valence-electron chi connectivity index (χ0n) is 32.3. The molecule has 2 aromatic carbocycles. The van der Waals surface area contributed by atoms with Gasteiger partial charge < -0.3 is 29.8 Å². The van der Waals surface area contributed by atoms with Crippen LogP contribution in [0.2, 0.25) is 0 Å². The maximum Gasteiger partial charge on any atom is 0.407 e. The first-order valence-electron chi connectivity index (χ1n) is 18.9. The second-order valence-electron chi connectivity index (χ2n) is 15.2. The van der Waals surface area contributed by atoms with Crippen molar-refractivity contribution in [3.05, 3.63) is 83.7 Å². The highest BCUT2D eigenvalue weighted by molar-refractivity contribution is 5.86. The quantitative estimate of drug-likeness (QED) is 0.166. The molecule has 4 aromatic rings. The van der Waals surface area contributed by atoms with Crippen LogP contribution in [0.4, 0.5) is 4.79 Å². The van der Waals surface area contributed by atoms with Crippen molar-refractivity contribution < 1.29 is 19.1 Å². The number of likely N-dealkylation sites (N-methyl/N-ethyl adjacent to an activating group) is 1. The number of ether oxygens (including phenoxy) is 1. The summed E-state index contributed by atoms with van der Waals surface area (Å²) in [6.45, 7) is 9.34. The van der Waals surface area contributed by atoms with Crippen molar-refractivity contribution >= 4 is 17.9 Å². The van der Waals surface area contributed by atoms with Gasteiger partial charge >= 0.3 is 6.09 Å². The van der Waals surface area contributed by atoms with Crippen LogP contribution in [0.25, 0.3) is 22.5 Å². The lowest BCUT2D eigenvalue weighted by atomic mass is 10.0. The molecule has 4 heterocycles. The average molecular weight is 733 g/mol. The van der Waals surface area contributed by atoms with E-state index < -0.39 is 12.1 Å². The normalized spacial score (nSPS) is 18.2. The minimum atomic E-state index is -0.679. The number of H-pyrrole nitrogens is 2. The van der Waals surface area contributed by atoms with Gasteiger partial charge in [-0.3, -0.25) is 14.5 Å². The smallest absolute Gasteiger partial charge is 0.407 e. The Morgan fingerprint density at radius 1 is 0.759 bits per heavy atom. The van der Waals surface area contributed by atoms with Crippen molar-refractivity contribution in [2.45, 2.75) is 77.5 Å². The van der Waals surface area contributed by atoms with Crippen LogP contribution in [-0.2, 0) is 14.3 Å². The number of alkyl carbamates (subject to hydrolysis) is 1. The average Bonchev–Trinajstić information content (AvgIpc) is 3.99. The van der Waals surface area contributed by atoms with Crippen LogP contribution in [0.15, 0.2) is 60.9 Å². The van der Waals surface area contributed by atoms with Gasteiger partial charge in [-0.15, -0.1) is 0 Å². The van der Waals surface area contributed by atoms with E-state index in [1.165, 1.54) is 7.11 Å². The third kappa shape index (κ3) is 8.37. The largest absolute Gasteiger partial charge is 0.453 e. The van der Waals surface area contributed by atoms with Crippen LogP contribution in [0.5, 0.6) is 0 Å². The molecule has 0 saturated carbocycles. The molecular weight excluding hydrogens is 681 g/mol. The van der Waals surface area contributed by atoms with Gasteiger partial charge in [-0.1, -0.05) is 63.8 Å². The molecule has 2 fully saturated rings. The van der Waals surface area contributed by atoms with Crippen LogP contribution in [0, 0.1) is 23.7 Å². The SMILES string of the molecule is COC(=O)N[C@H](C(=O)N1CCC[C@H]1c1ncc(-c2ccc(C#Cc3ccc(-c4cnc([C@@H]5CCCN5C(=O)[C@H](C(C)C)N(C)C)[nH]4)cc3)cc2)[nH]1)C(C)C. The maximum absolute atomic E-state index is 13.5. The number of aromatic nitrogens is 4. The number of hydrogen-bond acceptors (Lipinski definition) is 7. The van der Waals surface area contributed by atoms with Crippen molar-refractivity contribution in [3.8, 4) is 34.4 Å². The first kappa shape index (κ1) is 38.3. The number of hydrogen-bond donors (Lipinski definition) is 3. The fourth-order valence-electron chi connectivity index (χ4n) is 7.70. The molecule has 0 aliphatic carbocycles. The Balaban J connectivity index is 1.08. The summed E-state index contributed by atoms with van der Waals surface area (Å²) in [5.41, 5.74) is 5.53. The Morgan fingerprint density at radius 3 is 1.63 bits per heavy atom. The lowest BCUT2D eigenvalue weighted by Gasteiger charge is -2.33. The molecule has 0 radical (unpaired) electrons. The molecule has 4 atom stereocenters.